The second-order valence-corrected chi connectivity index (χ2v) is 16.5. The molecular formula is C56H46Cl2N4O5. The van der Waals surface area contributed by atoms with Gasteiger partial charge < -0.3 is 29.0 Å². The molecule has 0 radical (unpaired) electrons. The average Bonchev–Trinajstić information content (AvgIpc) is 3.95. The molecule has 3 heterocycles. The largest absolute Gasteiger partial charge is 0.488 e. The molecule has 2 N–H and O–H groups in total. The zero-order chi connectivity index (χ0) is 46.7. The zero-order valence-corrected chi connectivity index (χ0v) is 38.3. The van der Waals surface area contributed by atoms with Crippen LogP contribution in [0.25, 0.3) is 33.9 Å². The second kappa shape index (κ2) is 21.4. The van der Waals surface area contributed by atoms with Crippen molar-refractivity contribution < 1.29 is 24.2 Å². The van der Waals surface area contributed by atoms with Crippen LogP contribution in [0.4, 0.5) is 0 Å². The molecule has 9 rings (SSSR count). The summed E-state index contributed by atoms with van der Waals surface area (Å²) < 4.78 is 16.5. The summed E-state index contributed by atoms with van der Waals surface area (Å²) in [7, 11) is 0. The lowest BCUT2D eigenvalue weighted by Gasteiger charge is -2.16. The van der Waals surface area contributed by atoms with E-state index in [9.17, 15) is 14.7 Å². The molecule has 0 aliphatic carbocycles. The van der Waals surface area contributed by atoms with Gasteiger partial charge >= 0.3 is 5.97 Å². The minimum Gasteiger partial charge on any atom is -0.488 e. The number of hydrogen-bond donors (Lipinski definition) is 2. The number of carbonyl (C=O) groups is 2. The van der Waals surface area contributed by atoms with Crippen molar-refractivity contribution in [2.75, 3.05) is 0 Å². The maximum absolute atomic E-state index is 12.7. The van der Waals surface area contributed by atoms with E-state index in [1.54, 1.807) is 30.5 Å². The summed E-state index contributed by atoms with van der Waals surface area (Å²) in [6, 6.07) is 59.4. The lowest BCUT2D eigenvalue weighted by atomic mass is 10.1. The van der Waals surface area contributed by atoms with Crippen LogP contribution >= 0.6 is 23.2 Å². The summed E-state index contributed by atoms with van der Waals surface area (Å²) in [6.45, 7) is 5.33. The number of aryl methyl sites for hydroxylation is 2. The third-order valence-electron chi connectivity index (χ3n) is 11.0. The van der Waals surface area contributed by atoms with E-state index in [0.29, 0.717) is 35.4 Å². The Bertz CT molecular complexity index is 3100. The first-order chi connectivity index (χ1) is 32.6. The fraction of sp³-hybridized carbons (Fsp3) is 0.0893. The highest BCUT2D eigenvalue weighted by Crippen LogP contribution is 2.38. The van der Waals surface area contributed by atoms with E-state index in [4.69, 9.17) is 32.7 Å². The van der Waals surface area contributed by atoms with Gasteiger partial charge in [-0.05, 0) is 146 Å². The Morgan fingerprint density at radius 3 is 1.46 bits per heavy atom. The van der Waals surface area contributed by atoms with Crippen molar-refractivity contribution >= 4 is 35.1 Å². The van der Waals surface area contributed by atoms with Gasteiger partial charge in [-0.25, -0.2) is 4.79 Å². The lowest BCUT2D eigenvalue weighted by Crippen LogP contribution is -2.23. The molecule has 0 fully saturated rings. The van der Waals surface area contributed by atoms with Crippen molar-refractivity contribution in [1.82, 2.24) is 19.4 Å². The molecule has 0 saturated carbocycles. The van der Waals surface area contributed by atoms with Gasteiger partial charge in [0.05, 0.1) is 29.2 Å². The molecule has 0 spiro atoms. The highest BCUT2D eigenvalue weighted by Gasteiger charge is 2.18. The number of carboxylic acid groups (broad SMARTS) is 1. The van der Waals surface area contributed by atoms with Crippen molar-refractivity contribution in [3.63, 3.8) is 0 Å². The number of hydrogen-bond acceptors (Lipinski definition) is 5. The predicted molar refractivity (Wildman–Crippen MR) is 266 cm³/mol. The van der Waals surface area contributed by atoms with E-state index in [1.165, 1.54) is 0 Å². The number of aromatic nitrogens is 3. The topological polar surface area (TPSA) is 108 Å². The van der Waals surface area contributed by atoms with Gasteiger partial charge in [-0.2, -0.15) is 0 Å². The minimum atomic E-state index is -0.947. The van der Waals surface area contributed by atoms with Crippen LogP contribution in [0.15, 0.2) is 194 Å². The SMILES string of the molecule is Cc1ccc(-c2cc(Cl)ccc2OCc2ccccc2)n1-c1ccc(C(=O)NCc2ccccn2)cc1.Cc1ccc(-c2cc(Cl)ccc2OCc2ccccc2)n1-c1ccc(C(=O)O)cc1. The van der Waals surface area contributed by atoms with E-state index in [1.807, 2.05) is 166 Å². The molecular weight excluding hydrogens is 880 g/mol. The first kappa shape index (κ1) is 45.7. The van der Waals surface area contributed by atoms with Crippen LogP contribution < -0.4 is 14.8 Å². The Labute approximate surface area is 399 Å². The quantitative estimate of drug-likeness (QED) is 0.112. The zero-order valence-electron chi connectivity index (χ0n) is 36.8. The summed E-state index contributed by atoms with van der Waals surface area (Å²) >= 11 is 12.7. The van der Waals surface area contributed by atoms with Crippen molar-refractivity contribution in [3.05, 3.63) is 244 Å². The first-order valence-corrected chi connectivity index (χ1v) is 22.3. The van der Waals surface area contributed by atoms with Crippen LogP contribution in [-0.4, -0.2) is 31.1 Å². The summed E-state index contributed by atoms with van der Waals surface area (Å²) in [5.41, 5.74) is 11.3. The summed E-state index contributed by atoms with van der Waals surface area (Å²) in [4.78, 5) is 28.1. The smallest absolute Gasteiger partial charge is 0.335 e. The summed E-state index contributed by atoms with van der Waals surface area (Å²) in [6.07, 6.45) is 1.71. The number of aromatic carboxylic acids is 1. The molecule has 0 bridgehead atoms. The van der Waals surface area contributed by atoms with Crippen molar-refractivity contribution in [1.29, 1.82) is 0 Å². The number of rotatable bonds is 14. The van der Waals surface area contributed by atoms with Gasteiger partial charge in [0.25, 0.3) is 5.91 Å². The predicted octanol–water partition coefficient (Wildman–Crippen LogP) is 13.4. The van der Waals surface area contributed by atoms with Crippen molar-refractivity contribution in [2.45, 2.75) is 33.6 Å². The number of nitrogens with zero attached hydrogens (tertiary/aromatic N) is 3. The molecule has 0 unspecified atom stereocenters. The highest BCUT2D eigenvalue weighted by atomic mass is 35.5. The van der Waals surface area contributed by atoms with Crippen molar-refractivity contribution in [2.24, 2.45) is 0 Å². The third-order valence-corrected chi connectivity index (χ3v) is 11.4. The molecule has 11 heteroatoms. The number of pyridine rings is 1. The highest BCUT2D eigenvalue weighted by molar-refractivity contribution is 6.31. The number of carbonyl (C=O) groups excluding carboxylic acids is 1. The maximum atomic E-state index is 12.7. The van der Waals surface area contributed by atoms with Crippen molar-refractivity contribution in [3.8, 4) is 45.4 Å². The second-order valence-electron chi connectivity index (χ2n) is 15.6. The van der Waals surface area contributed by atoms with E-state index >= 15 is 0 Å². The molecule has 0 aliphatic rings. The molecule has 334 valence electrons. The summed E-state index contributed by atoms with van der Waals surface area (Å²) in [5.74, 6) is 0.383. The van der Waals surface area contributed by atoms with Crippen LogP contribution in [0.3, 0.4) is 0 Å². The molecule has 0 saturated heterocycles. The molecule has 9 nitrogen and oxygen atoms in total. The Balaban J connectivity index is 0.000000186. The molecule has 0 aliphatic heterocycles. The number of carboxylic acids is 1. The lowest BCUT2D eigenvalue weighted by molar-refractivity contribution is 0.0696. The van der Waals surface area contributed by atoms with Crippen LogP contribution in [0, 0.1) is 13.8 Å². The Kier molecular flexibility index (Phi) is 14.6. The van der Waals surface area contributed by atoms with Crippen LogP contribution in [0.1, 0.15) is 48.9 Å². The average molecular weight is 926 g/mol. The van der Waals surface area contributed by atoms with E-state index in [2.05, 4.69) is 31.6 Å². The third kappa shape index (κ3) is 11.3. The van der Waals surface area contributed by atoms with E-state index < -0.39 is 5.97 Å². The Morgan fingerprint density at radius 2 is 1.01 bits per heavy atom. The number of halogens is 2. The van der Waals surface area contributed by atoms with E-state index in [0.717, 1.165) is 73.6 Å². The molecule has 6 aromatic carbocycles. The fourth-order valence-electron chi connectivity index (χ4n) is 7.60. The van der Waals surface area contributed by atoms with Gasteiger partial charge in [0, 0.05) is 55.7 Å². The Hall–Kier alpha value is -7.85. The minimum absolute atomic E-state index is 0.145. The fourth-order valence-corrected chi connectivity index (χ4v) is 7.94. The standard InChI is InChI=1S/C31H26ClN3O2.C25H20ClNO3/c1-22-10-16-29(28-19-25(32)13-17-30(28)37-21-23-7-3-2-4-8-23)35(22)27-14-11-24(12-15-27)31(36)34-20-26-9-5-6-18-33-26;1-17-7-13-23(27(17)21-11-8-19(9-12-21)25(28)29)22-15-20(26)10-14-24(22)30-16-18-5-3-2-4-6-18/h2-19H,20-21H2,1H3,(H,34,36);2-15H,16H2,1H3,(H,28,29). The number of nitrogens with one attached hydrogen (secondary N) is 1. The molecule has 3 aromatic heterocycles. The maximum Gasteiger partial charge on any atom is 0.335 e. The van der Waals surface area contributed by atoms with Crippen LogP contribution in [0.5, 0.6) is 11.5 Å². The van der Waals surface area contributed by atoms with Gasteiger partial charge in [0.2, 0.25) is 0 Å². The van der Waals surface area contributed by atoms with Gasteiger partial charge in [-0.1, -0.05) is 89.9 Å². The van der Waals surface area contributed by atoms with Gasteiger partial charge in [0.1, 0.15) is 24.7 Å². The van der Waals surface area contributed by atoms with Crippen LogP contribution in [-0.2, 0) is 19.8 Å². The van der Waals surface area contributed by atoms with Gasteiger partial charge in [-0.15, -0.1) is 0 Å². The monoisotopic (exact) mass is 924 g/mol. The number of benzene rings is 6. The molecule has 9 aromatic rings. The van der Waals surface area contributed by atoms with Gasteiger partial charge in [-0.3, -0.25) is 9.78 Å². The van der Waals surface area contributed by atoms with Crippen LogP contribution in [0.2, 0.25) is 10.0 Å². The summed E-state index contributed by atoms with van der Waals surface area (Å²) in [5, 5.41) is 13.3. The molecule has 0 atom stereocenters. The molecule has 67 heavy (non-hydrogen) atoms. The van der Waals surface area contributed by atoms with Gasteiger partial charge in [0.15, 0.2) is 0 Å². The normalized spacial score (nSPS) is 10.7. The Morgan fingerprint density at radius 1 is 0.552 bits per heavy atom. The molecule has 1 amide bonds. The first-order valence-electron chi connectivity index (χ1n) is 21.5. The number of ether oxygens (including phenoxy) is 2. The number of amides is 1. The van der Waals surface area contributed by atoms with E-state index in [-0.39, 0.29) is 11.5 Å².